The molecule has 0 unspecified atom stereocenters. The van der Waals surface area contributed by atoms with Crippen molar-refractivity contribution in [2.24, 2.45) is 0 Å². The Kier molecular flexibility index (Phi) is 5.62. The molecule has 0 spiro atoms. The van der Waals surface area contributed by atoms with Gasteiger partial charge in [-0.2, -0.15) is 0 Å². The van der Waals surface area contributed by atoms with Crippen molar-refractivity contribution in [1.82, 2.24) is 9.13 Å². The molecule has 7 nitrogen and oxygen atoms in total. The maximum atomic E-state index is 13.1. The average molecular weight is 403 g/mol. The van der Waals surface area contributed by atoms with Crippen LogP contribution < -0.4 is 10.3 Å². The van der Waals surface area contributed by atoms with E-state index in [-0.39, 0.29) is 12.3 Å². The summed E-state index contributed by atoms with van der Waals surface area (Å²) in [5, 5.41) is 1.15. The summed E-state index contributed by atoms with van der Waals surface area (Å²) < 4.78 is 19.0. The van der Waals surface area contributed by atoms with Gasteiger partial charge < -0.3 is 14.2 Å². The molecule has 0 saturated carbocycles. The molecule has 3 aromatic rings. The molecular formula is C20H26N2O5Si. The zero-order valence-corrected chi connectivity index (χ0v) is 17.9. The van der Waals surface area contributed by atoms with Gasteiger partial charge in [0.05, 0.1) is 30.6 Å². The number of carbonyl (C=O) groups excluding carboxylic acids is 1. The Morgan fingerprint density at radius 1 is 1.11 bits per heavy atom. The summed E-state index contributed by atoms with van der Waals surface area (Å²) >= 11 is 0. The zero-order chi connectivity index (χ0) is 20.5. The first-order chi connectivity index (χ1) is 13.3. The van der Waals surface area contributed by atoms with Gasteiger partial charge in [0.15, 0.2) is 0 Å². The van der Waals surface area contributed by atoms with E-state index in [1.807, 2.05) is 12.1 Å². The largest absolute Gasteiger partial charge is 0.497 e. The smallest absolute Gasteiger partial charge is 0.418 e. The minimum Gasteiger partial charge on any atom is -0.497 e. The third-order valence-electron chi connectivity index (χ3n) is 4.70. The molecule has 0 saturated heterocycles. The first-order valence-corrected chi connectivity index (χ1v) is 12.8. The fraction of sp³-hybridized carbons (Fsp3) is 0.400. The number of aromatic nitrogens is 2. The van der Waals surface area contributed by atoms with E-state index in [9.17, 15) is 9.59 Å². The van der Waals surface area contributed by atoms with Crippen LogP contribution in [0.4, 0.5) is 4.79 Å². The highest BCUT2D eigenvalue weighted by Gasteiger charge is 2.19. The van der Waals surface area contributed by atoms with Gasteiger partial charge in [0.1, 0.15) is 12.5 Å². The molecule has 0 aliphatic rings. The molecule has 0 aliphatic heterocycles. The molecule has 2 heterocycles. The molecule has 0 fully saturated rings. The topological polar surface area (TPSA) is 71.7 Å². The molecule has 28 heavy (non-hydrogen) atoms. The second-order valence-electron chi connectivity index (χ2n) is 7.88. The number of hydrogen-bond donors (Lipinski definition) is 0. The van der Waals surface area contributed by atoms with E-state index < -0.39 is 14.2 Å². The fourth-order valence-electron chi connectivity index (χ4n) is 3.11. The number of nitrogens with zero attached hydrogens (tertiary/aromatic N) is 2. The monoisotopic (exact) mass is 402 g/mol. The Labute approximate surface area is 164 Å². The number of pyridine rings is 1. The Morgan fingerprint density at radius 3 is 2.50 bits per heavy atom. The van der Waals surface area contributed by atoms with Crippen LogP contribution in [0.3, 0.4) is 0 Å². The Balaban J connectivity index is 2.15. The van der Waals surface area contributed by atoms with E-state index in [2.05, 4.69) is 19.6 Å². The highest BCUT2D eigenvalue weighted by Crippen LogP contribution is 2.28. The number of ether oxygens (including phenoxy) is 3. The second-order valence-corrected chi connectivity index (χ2v) is 13.5. The number of hydrogen-bond acceptors (Lipinski definition) is 5. The van der Waals surface area contributed by atoms with Crippen molar-refractivity contribution < 1.29 is 19.0 Å². The van der Waals surface area contributed by atoms with Gasteiger partial charge in [-0.1, -0.05) is 19.6 Å². The van der Waals surface area contributed by atoms with Crippen LogP contribution in [0, 0.1) is 0 Å². The Bertz CT molecular complexity index is 1080. The summed E-state index contributed by atoms with van der Waals surface area (Å²) in [5.41, 5.74) is 0.975. The van der Waals surface area contributed by atoms with Gasteiger partial charge in [-0.3, -0.25) is 13.9 Å². The first-order valence-electron chi connectivity index (χ1n) is 9.14. The second kappa shape index (κ2) is 7.81. The third-order valence-corrected chi connectivity index (χ3v) is 6.40. The number of methoxy groups -OCH3 is 2. The third kappa shape index (κ3) is 3.83. The van der Waals surface area contributed by atoms with Crippen molar-refractivity contribution in [3.8, 4) is 5.75 Å². The van der Waals surface area contributed by atoms with Gasteiger partial charge in [-0.25, -0.2) is 4.79 Å². The normalized spacial score (nSPS) is 11.9. The van der Waals surface area contributed by atoms with Crippen LogP contribution in [0.15, 0.2) is 35.3 Å². The maximum Gasteiger partial charge on any atom is 0.418 e. The molecule has 0 radical (unpaired) electrons. The number of carbonyl (C=O) groups is 1. The van der Waals surface area contributed by atoms with Crippen LogP contribution in [-0.4, -0.2) is 44.1 Å². The molecule has 0 N–H and O–H groups in total. The van der Waals surface area contributed by atoms with Gasteiger partial charge in [0, 0.05) is 26.3 Å². The summed E-state index contributed by atoms with van der Waals surface area (Å²) in [5.74, 6) is 0.635. The lowest BCUT2D eigenvalue weighted by Gasteiger charge is -2.17. The van der Waals surface area contributed by atoms with Crippen molar-refractivity contribution in [2.45, 2.75) is 32.4 Å². The standard InChI is InChI=1S/C20H26N2O5Si/c1-25-14-6-7-17-16(12-14)18-15(8-9-21(18)20(24)26-2)19(23)22(17)13-27-10-11-28(3,4)5/h6-9,12H,10-11,13H2,1-5H3. The van der Waals surface area contributed by atoms with Crippen LogP contribution in [0.2, 0.25) is 25.7 Å². The summed E-state index contributed by atoms with van der Waals surface area (Å²) in [6.45, 7) is 7.62. The first kappa shape index (κ1) is 20.2. The van der Waals surface area contributed by atoms with Gasteiger partial charge in [-0.15, -0.1) is 0 Å². The molecule has 150 valence electrons. The highest BCUT2D eigenvalue weighted by atomic mass is 28.3. The molecule has 0 amide bonds. The van der Waals surface area contributed by atoms with Crippen molar-refractivity contribution in [3.05, 3.63) is 40.8 Å². The predicted molar refractivity (Wildman–Crippen MR) is 112 cm³/mol. The minimum absolute atomic E-state index is 0.158. The number of benzene rings is 1. The fourth-order valence-corrected chi connectivity index (χ4v) is 3.87. The molecule has 0 aliphatic carbocycles. The van der Waals surface area contributed by atoms with Crippen molar-refractivity contribution >= 4 is 36.0 Å². The van der Waals surface area contributed by atoms with Crippen molar-refractivity contribution in [1.29, 1.82) is 0 Å². The van der Waals surface area contributed by atoms with E-state index in [1.54, 1.807) is 30.0 Å². The summed E-state index contributed by atoms with van der Waals surface area (Å²) in [4.78, 5) is 25.3. The molecule has 3 rings (SSSR count). The van der Waals surface area contributed by atoms with Crippen LogP contribution in [-0.2, 0) is 16.2 Å². The molecule has 8 heteroatoms. The lowest BCUT2D eigenvalue weighted by Crippen LogP contribution is -2.25. The van der Waals surface area contributed by atoms with Crippen LogP contribution >= 0.6 is 0 Å². The quantitative estimate of drug-likeness (QED) is 0.462. The van der Waals surface area contributed by atoms with E-state index in [1.165, 1.54) is 11.7 Å². The Morgan fingerprint density at radius 2 is 1.86 bits per heavy atom. The summed E-state index contributed by atoms with van der Waals surface area (Å²) in [6, 6.07) is 8.07. The zero-order valence-electron chi connectivity index (χ0n) is 16.9. The van der Waals surface area contributed by atoms with Crippen molar-refractivity contribution in [3.63, 3.8) is 0 Å². The summed E-state index contributed by atoms with van der Waals surface area (Å²) in [7, 11) is 1.67. The number of fused-ring (bicyclic) bond motifs is 3. The van der Waals surface area contributed by atoms with Gasteiger partial charge in [0.2, 0.25) is 0 Å². The van der Waals surface area contributed by atoms with E-state index >= 15 is 0 Å². The van der Waals surface area contributed by atoms with Crippen molar-refractivity contribution in [2.75, 3.05) is 20.8 Å². The van der Waals surface area contributed by atoms with E-state index in [0.717, 1.165) is 11.4 Å². The lowest BCUT2D eigenvalue weighted by atomic mass is 10.1. The molecule has 0 atom stereocenters. The van der Waals surface area contributed by atoms with Gasteiger partial charge >= 0.3 is 6.09 Å². The molecular weight excluding hydrogens is 376 g/mol. The molecule has 0 bridgehead atoms. The SMILES string of the molecule is COC(=O)n1ccc2c(=O)n(COCC[Si](C)(C)C)c3ccc(OC)cc3c21. The number of rotatable bonds is 6. The van der Waals surface area contributed by atoms with Gasteiger partial charge in [-0.05, 0) is 30.3 Å². The van der Waals surface area contributed by atoms with Crippen LogP contribution in [0.1, 0.15) is 0 Å². The minimum atomic E-state index is -1.22. The van der Waals surface area contributed by atoms with E-state index in [0.29, 0.717) is 28.8 Å². The average Bonchev–Trinajstić information content (AvgIpc) is 3.11. The summed E-state index contributed by atoms with van der Waals surface area (Å²) in [6.07, 6.45) is 0.996. The van der Waals surface area contributed by atoms with E-state index in [4.69, 9.17) is 14.2 Å². The van der Waals surface area contributed by atoms with Crippen LogP contribution in [0.25, 0.3) is 21.8 Å². The maximum absolute atomic E-state index is 13.1. The molecule has 1 aromatic carbocycles. The Hall–Kier alpha value is -2.58. The van der Waals surface area contributed by atoms with Crippen LogP contribution in [0.5, 0.6) is 5.75 Å². The van der Waals surface area contributed by atoms with Gasteiger partial charge in [0.25, 0.3) is 5.56 Å². The predicted octanol–water partition coefficient (Wildman–Crippen LogP) is 3.89. The molecule has 2 aromatic heterocycles. The highest BCUT2D eigenvalue weighted by molar-refractivity contribution is 6.76. The lowest BCUT2D eigenvalue weighted by molar-refractivity contribution is 0.0882.